The smallest absolute Gasteiger partial charge is 0.422 e. The predicted molar refractivity (Wildman–Crippen MR) is 192 cm³/mol. The Kier molecular flexibility index (Phi) is 11.8. The molecule has 2 N–H and O–H groups in total. The first-order valence-electron chi connectivity index (χ1n) is 18.0. The second kappa shape index (κ2) is 16.0. The van der Waals surface area contributed by atoms with Gasteiger partial charge in [0.1, 0.15) is 0 Å². The SMILES string of the molecule is CC(C)n1cc2ccc([C@H]3CC[C@H](C)CN3C(=O)C(=O)OCC(F)(F)F)cc2n1.CC(C)n1cc2ccc([C@H]3CC[C@H](C)CN3C(=O)C(N)=O)cc2n1. The van der Waals surface area contributed by atoms with Gasteiger partial charge in [0.05, 0.1) is 23.1 Å². The Morgan fingerprint density at radius 1 is 0.755 bits per heavy atom. The van der Waals surface area contributed by atoms with Crippen LogP contribution in [0.25, 0.3) is 21.8 Å². The lowest BCUT2D eigenvalue weighted by Crippen LogP contribution is -2.46. The molecule has 0 unspecified atom stereocenters. The summed E-state index contributed by atoms with van der Waals surface area (Å²) in [6.07, 6.45) is 2.58. The number of piperidine rings is 2. The number of fused-ring (bicyclic) bond motifs is 2. The van der Waals surface area contributed by atoms with Crippen LogP contribution in [0, 0.1) is 11.8 Å². The second-order valence-electron chi connectivity index (χ2n) is 14.9. The molecule has 2 aromatic carbocycles. The Morgan fingerprint density at radius 2 is 1.19 bits per heavy atom. The Bertz CT molecular complexity index is 1970. The van der Waals surface area contributed by atoms with Crippen LogP contribution in [0.2, 0.25) is 0 Å². The summed E-state index contributed by atoms with van der Waals surface area (Å²) in [5.41, 5.74) is 8.72. The van der Waals surface area contributed by atoms with Crippen molar-refractivity contribution in [3.63, 3.8) is 0 Å². The quantitative estimate of drug-likeness (QED) is 0.184. The van der Waals surface area contributed by atoms with E-state index in [0.717, 1.165) is 52.2 Å². The van der Waals surface area contributed by atoms with Crippen LogP contribution < -0.4 is 5.73 Å². The van der Waals surface area contributed by atoms with Gasteiger partial charge in [0.15, 0.2) is 6.61 Å². The first-order chi connectivity index (χ1) is 24.9. The standard InChI is InChI=1S/C20H24F3N3O3.C18H24N4O2/c1-12(2)26-10-15-6-5-14(8-16(15)24-26)17-7-4-13(3)9-25(17)18(27)19(28)29-11-20(21,22)23;1-11(2)22-10-14-6-5-13(8-15(14)20-22)16-7-4-12(3)9-21(16)18(24)17(19)23/h5-6,8,10,12-13,17H,4,7,9,11H2,1-3H3;5-6,8,10-12,16H,4,7,9H2,1-3H3,(H2,19,23)/t13-,17+;12-,16+/m00/s1. The van der Waals surface area contributed by atoms with Gasteiger partial charge < -0.3 is 20.3 Å². The summed E-state index contributed by atoms with van der Waals surface area (Å²) in [5, 5.41) is 11.2. The lowest BCUT2D eigenvalue weighted by atomic mass is 9.89. The van der Waals surface area contributed by atoms with Crippen molar-refractivity contribution in [1.29, 1.82) is 0 Å². The predicted octanol–water partition coefficient (Wildman–Crippen LogP) is 6.42. The molecule has 0 bridgehead atoms. The van der Waals surface area contributed by atoms with Crippen LogP contribution in [0.5, 0.6) is 0 Å². The lowest BCUT2D eigenvalue weighted by molar-refractivity contribution is -0.190. The summed E-state index contributed by atoms with van der Waals surface area (Å²) in [6, 6.07) is 11.7. The molecule has 2 fully saturated rings. The third kappa shape index (κ3) is 9.35. The highest BCUT2D eigenvalue weighted by molar-refractivity contribution is 6.34. The number of carbonyl (C=O) groups excluding carboxylic acids is 4. The number of likely N-dealkylation sites (tertiary alicyclic amines) is 2. The van der Waals surface area contributed by atoms with Gasteiger partial charge in [0.2, 0.25) is 0 Å². The average Bonchev–Trinajstić information content (AvgIpc) is 3.74. The normalized spacial score (nSPS) is 20.8. The molecule has 0 saturated carbocycles. The summed E-state index contributed by atoms with van der Waals surface area (Å²) in [7, 11) is 0. The maximum Gasteiger partial charge on any atom is 0.422 e. The molecule has 4 heterocycles. The number of aromatic nitrogens is 4. The molecule has 286 valence electrons. The van der Waals surface area contributed by atoms with E-state index >= 15 is 0 Å². The Morgan fingerprint density at radius 3 is 1.58 bits per heavy atom. The molecule has 4 aromatic rings. The number of hydrogen-bond donors (Lipinski definition) is 1. The molecule has 15 heteroatoms. The first kappa shape index (κ1) is 39.3. The van der Waals surface area contributed by atoms with E-state index in [0.29, 0.717) is 24.9 Å². The van der Waals surface area contributed by atoms with Gasteiger partial charge in [0, 0.05) is 48.3 Å². The number of amides is 3. The van der Waals surface area contributed by atoms with Gasteiger partial charge in [-0.25, -0.2) is 4.79 Å². The molecule has 2 saturated heterocycles. The Labute approximate surface area is 306 Å². The largest absolute Gasteiger partial charge is 0.449 e. The topological polar surface area (TPSA) is 146 Å². The van der Waals surface area contributed by atoms with Gasteiger partial charge in [0.25, 0.3) is 0 Å². The number of alkyl halides is 3. The van der Waals surface area contributed by atoms with Crippen molar-refractivity contribution in [2.75, 3.05) is 19.7 Å². The fraction of sp³-hybridized carbons (Fsp3) is 0.526. The van der Waals surface area contributed by atoms with Gasteiger partial charge in [-0.2, -0.15) is 23.4 Å². The summed E-state index contributed by atoms with van der Waals surface area (Å²) < 4.78 is 44.9. The number of nitrogens with zero attached hydrogens (tertiary/aromatic N) is 6. The molecule has 2 aliphatic rings. The number of halogens is 3. The number of hydrogen-bond acceptors (Lipinski definition) is 7. The number of nitrogens with two attached hydrogens (primary N) is 1. The van der Waals surface area contributed by atoms with Crippen molar-refractivity contribution < 1.29 is 37.1 Å². The average molecular weight is 740 g/mol. The Balaban J connectivity index is 0.000000208. The molecular weight excluding hydrogens is 691 g/mol. The van der Waals surface area contributed by atoms with Gasteiger partial charge in [-0.15, -0.1) is 0 Å². The molecule has 0 spiro atoms. The van der Waals surface area contributed by atoms with E-state index in [1.165, 1.54) is 4.90 Å². The van der Waals surface area contributed by atoms with E-state index in [4.69, 9.17) is 5.73 Å². The minimum atomic E-state index is -4.68. The second-order valence-corrected chi connectivity index (χ2v) is 14.9. The third-order valence-corrected chi connectivity index (χ3v) is 9.83. The summed E-state index contributed by atoms with van der Waals surface area (Å²) in [6.45, 7) is 11.3. The molecule has 0 aliphatic carbocycles. The lowest BCUT2D eigenvalue weighted by Gasteiger charge is -2.38. The van der Waals surface area contributed by atoms with Crippen LogP contribution in [0.4, 0.5) is 13.2 Å². The molecule has 2 aromatic heterocycles. The number of primary amides is 1. The van der Waals surface area contributed by atoms with Gasteiger partial charge >= 0.3 is 29.9 Å². The first-order valence-corrected chi connectivity index (χ1v) is 18.0. The van der Waals surface area contributed by atoms with E-state index in [2.05, 4.69) is 35.7 Å². The number of benzene rings is 2. The molecular formula is C38H48F3N7O5. The number of carbonyl (C=O) groups is 4. The molecule has 2 aliphatic heterocycles. The molecule has 53 heavy (non-hydrogen) atoms. The van der Waals surface area contributed by atoms with E-state index in [9.17, 15) is 32.3 Å². The van der Waals surface area contributed by atoms with Crippen molar-refractivity contribution in [3.8, 4) is 0 Å². The van der Waals surface area contributed by atoms with Crippen molar-refractivity contribution in [1.82, 2.24) is 29.4 Å². The zero-order valence-electron chi connectivity index (χ0n) is 31.0. The number of rotatable bonds is 5. The van der Waals surface area contributed by atoms with Crippen LogP contribution >= 0.6 is 0 Å². The maximum atomic E-state index is 12.6. The van der Waals surface area contributed by atoms with E-state index in [-0.39, 0.29) is 24.5 Å². The zero-order valence-corrected chi connectivity index (χ0v) is 31.0. The molecule has 6 rings (SSSR count). The highest BCUT2D eigenvalue weighted by atomic mass is 19.4. The van der Waals surface area contributed by atoms with Crippen molar-refractivity contribution >= 4 is 45.5 Å². The highest BCUT2D eigenvalue weighted by Crippen LogP contribution is 2.36. The maximum absolute atomic E-state index is 12.6. The van der Waals surface area contributed by atoms with E-state index < -0.39 is 42.5 Å². The molecule has 12 nitrogen and oxygen atoms in total. The molecule has 4 atom stereocenters. The van der Waals surface area contributed by atoms with Gasteiger partial charge in [-0.05, 0) is 88.5 Å². The third-order valence-electron chi connectivity index (χ3n) is 9.83. The van der Waals surface area contributed by atoms with Crippen molar-refractivity contribution in [2.45, 2.75) is 97.6 Å². The molecule has 3 amide bonds. The van der Waals surface area contributed by atoms with Crippen LogP contribution in [0.15, 0.2) is 48.8 Å². The van der Waals surface area contributed by atoms with Crippen LogP contribution in [0.3, 0.4) is 0 Å². The Hall–Kier alpha value is -4.95. The van der Waals surface area contributed by atoms with Gasteiger partial charge in [-0.3, -0.25) is 23.7 Å². The van der Waals surface area contributed by atoms with Crippen LogP contribution in [0.1, 0.15) is 103 Å². The molecule has 0 radical (unpaired) electrons. The summed E-state index contributed by atoms with van der Waals surface area (Å²) >= 11 is 0. The highest BCUT2D eigenvalue weighted by Gasteiger charge is 2.38. The van der Waals surface area contributed by atoms with Crippen LogP contribution in [-0.2, 0) is 23.9 Å². The minimum Gasteiger partial charge on any atom is -0.449 e. The van der Waals surface area contributed by atoms with Crippen LogP contribution in [-0.4, -0.2) is 78.9 Å². The zero-order chi connectivity index (χ0) is 38.8. The monoisotopic (exact) mass is 739 g/mol. The van der Waals surface area contributed by atoms with E-state index in [1.807, 2.05) is 78.9 Å². The fourth-order valence-electron chi connectivity index (χ4n) is 6.96. The number of ether oxygens (including phenoxy) is 1. The minimum absolute atomic E-state index is 0.116. The van der Waals surface area contributed by atoms with Gasteiger partial charge in [-0.1, -0.05) is 38.1 Å². The number of esters is 1. The van der Waals surface area contributed by atoms with Crippen molar-refractivity contribution in [3.05, 3.63) is 59.9 Å². The summed E-state index contributed by atoms with van der Waals surface area (Å²) in [5.74, 6) is -3.51. The van der Waals surface area contributed by atoms with Crippen molar-refractivity contribution in [2.24, 2.45) is 17.6 Å². The van der Waals surface area contributed by atoms with E-state index in [1.54, 1.807) is 4.90 Å². The summed E-state index contributed by atoms with van der Waals surface area (Å²) in [4.78, 5) is 51.1. The fourth-order valence-corrected chi connectivity index (χ4v) is 6.96.